The quantitative estimate of drug-likeness (QED) is 0.856. The third-order valence-electron chi connectivity index (χ3n) is 2.86. The summed E-state index contributed by atoms with van der Waals surface area (Å²) in [4.78, 5) is 8.54. The molecule has 4 nitrogen and oxygen atoms in total. The van der Waals surface area contributed by atoms with Gasteiger partial charge >= 0.3 is 0 Å². The van der Waals surface area contributed by atoms with Gasteiger partial charge in [-0.1, -0.05) is 24.3 Å². The third-order valence-corrected chi connectivity index (χ3v) is 2.86. The van der Waals surface area contributed by atoms with Crippen LogP contribution >= 0.6 is 0 Å². The van der Waals surface area contributed by atoms with E-state index in [1.165, 1.54) is 11.1 Å². The predicted molar refractivity (Wildman–Crippen MR) is 67.2 cm³/mol. The van der Waals surface area contributed by atoms with E-state index in [1.807, 2.05) is 12.5 Å². The van der Waals surface area contributed by atoms with Crippen LogP contribution < -0.4 is 5.32 Å². The molecule has 1 aliphatic rings. The highest BCUT2D eigenvalue weighted by molar-refractivity contribution is 6.00. The highest BCUT2D eigenvalue weighted by atomic mass is 15.1. The summed E-state index contributed by atoms with van der Waals surface area (Å²) < 4.78 is 2.06. The van der Waals surface area contributed by atoms with E-state index in [1.54, 1.807) is 6.20 Å². The lowest BCUT2D eigenvalue weighted by molar-refractivity contribution is 0.795. The van der Waals surface area contributed by atoms with Crippen LogP contribution in [-0.4, -0.2) is 28.5 Å². The first-order chi connectivity index (χ1) is 8.43. The number of aromatic nitrogens is 2. The van der Waals surface area contributed by atoms with Crippen molar-refractivity contribution in [1.29, 1.82) is 0 Å². The van der Waals surface area contributed by atoms with Gasteiger partial charge in [0.2, 0.25) is 0 Å². The molecule has 0 atom stereocenters. The first-order valence-electron chi connectivity index (χ1n) is 5.76. The Morgan fingerprint density at radius 3 is 3.00 bits per heavy atom. The summed E-state index contributed by atoms with van der Waals surface area (Å²) in [5, 5.41) is 3.32. The van der Waals surface area contributed by atoms with E-state index in [9.17, 15) is 0 Å². The van der Waals surface area contributed by atoms with Crippen molar-refractivity contribution in [2.45, 2.75) is 6.54 Å². The van der Waals surface area contributed by atoms with Crippen LogP contribution in [0, 0.1) is 0 Å². The van der Waals surface area contributed by atoms with Crippen molar-refractivity contribution >= 4 is 5.84 Å². The maximum absolute atomic E-state index is 4.48. The van der Waals surface area contributed by atoms with E-state index in [4.69, 9.17) is 0 Å². The first-order valence-corrected chi connectivity index (χ1v) is 5.76. The molecule has 86 valence electrons. The zero-order valence-corrected chi connectivity index (χ0v) is 9.50. The Labute approximate surface area is 100 Å². The zero-order chi connectivity index (χ0) is 11.5. The molecule has 1 aromatic heterocycles. The van der Waals surface area contributed by atoms with E-state index in [2.05, 4.69) is 44.1 Å². The van der Waals surface area contributed by atoms with Crippen LogP contribution in [0.3, 0.4) is 0 Å². The highest BCUT2D eigenvalue weighted by Crippen LogP contribution is 2.12. The summed E-state index contributed by atoms with van der Waals surface area (Å²) in [7, 11) is 0. The molecule has 0 radical (unpaired) electrons. The molecule has 0 unspecified atom stereocenters. The Morgan fingerprint density at radius 2 is 2.24 bits per heavy atom. The maximum atomic E-state index is 4.48. The van der Waals surface area contributed by atoms with Crippen LogP contribution in [0.25, 0.3) is 0 Å². The molecule has 0 aliphatic carbocycles. The van der Waals surface area contributed by atoms with Gasteiger partial charge in [0.15, 0.2) is 0 Å². The molecular formula is C13H14N4. The third kappa shape index (κ3) is 2.06. The summed E-state index contributed by atoms with van der Waals surface area (Å²) in [5.41, 5.74) is 2.46. The molecule has 0 spiro atoms. The fourth-order valence-corrected chi connectivity index (χ4v) is 2.04. The van der Waals surface area contributed by atoms with Gasteiger partial charge in [0.1, 0.15) is 5.84 Å². The van der Waals surface area contributed by atoms with Crippen LogP contribution in [0.5, 0.6) is 0 Å². The van der Waals surface area contributed by atoms with Crippen molar-refractivity contribution in [3.63, 3.8) is 0 Å². The van der Waals surface area contributed by atoms with E-state index in [0.717, 1.165) is 25.5 Å². The number of hydrogen-bond acceptors (Lipinski definition) is 3. The molecule has 0 amide bonds. The van der Waals surface area contributed by atoms with Crippen molar-refractivity contribution in [2.75, 3.05) is 13.1 Å². The standard InChI is InChI=1S/C13H14N4/c1-2-4-12(13-15-5-6-16-13)11(3-1)9-17-8-7-14-10-17/h1-4,7-8,10H,5-6,9H2,(H,15,16). The first kappa shape index (κ1) is 10.1. The fraction of sp³-hybridized carbons (Fsp3) is 0.231. The van der Waals surface area contributed by atoms with E-state index < -0.39 is 0 Å². The molecular weight excluding hydrogens is 212 g/mol. The Morgan fingerprint density at radius 1 is 1.29 bits per heavy atom. The summed E-state index contributed by atoms with van der Waals surface area (Å²) in [6, 6.07) is 8.36. The summed E-state index contributed by atoms with van der Waals surface area (Å²) in [6.07, 6.45) is 5.61. The van der Waals surface area contributed by atoms with Gasteiger partial charge in [-0.25, -0.2) is 4.98 Å². The van der Waals surface area contributed by atoms with Crippen LogP contribution in [0.4, 0.5) is 0 Å². The van der Waals surface area contributed by atoms with E-state index >= 15 is 0 Å². The molecule has 0 bridgehead atoms. The smallest absolute Gasteiger partial charge is 0.128 e. The van der Waals surface area contributed by atoms with Gasteiger partial charge in [0, 0.05) is 31.0 Å². The topological polar surface area (TPSA) is 42.2 Å². The van der Waals surface area contributed by atoms with Crippen LogP contribution in [0.15, 0.2) is 48.0 Å². The fourth-order valence-electron chi connectivity index (χ4n) is 2.04. The lowest BCUT2D eigenvalue weighted by Crippen LogP contribution is -2.21. The van der Waals surface area contributed by atoms with Gasteiger partial charge in [-0.2, -0.15) is 0 Å². The summed E-state index contributed by atoms with van der Waals surface area (Å²) in [5.74, 6) is 1.01. The monoisotopic (exact) mass is 226 g/mol. The summed E-state index contributed by atoms with van der Waals surface area (Å²) in [6.45, 7) is 2.64. The Hall–Kier alpha value is -2.10. The number of imidazole rings is 1. The molecule has 1 aromatic carbocycles. The average molecular weight is 226 g/mol. The molecule has 2 heterocycles. The average Bonchev–Trinajstić information content (AvgIpc) is 3.01. The van der Waals surface area contributed by atoms with Gasteiger partial charge < -0.3 is 9.88 Å². The lowest BCUT2D eigenvalue weighted by Gasteiger charge is -2.10. The van der Waals surface area contributed by atoms with Crippen molar-refractivity contribution in [3.05, 3.63) is 54.1 Å². The number of benzene rings is 1. The number of nitrogens with zero attached hydrogens (tertiary/aromatic N) is 3. The minimum Gasteiger partial charge on any atom is -0.368 e. The highest BCUT2D eigenvalue weighted by Gasteiger charge is 2.11. The summed E-state index contributed by atoms with van der Waals surface area (Å²) >= 11 is 0. The minimum absolute atomic E-state index is 0.830. The minimum atomic E-state index is 0.830. The van der Waals surface area contributed by atoms with Gasteiger partial charge in [-0.05, 0) is 5.56 Å². The zero-order valence-electron chi connectivity index (χ0n) is 9.50. The van der Waals surface area contributed by atoms with Crippen molar-refractivity contribution in [2.24, 2.45) is 4.99 Å². The Balaban J connectivity index is 1.93. The molecule has 1 aliphatic heterocycles. The molecule has 4 heteroatoms. The van der Waals surface area contributed by atoms with Gasteiger partial charge in [0.05, 0.1) is 12.9 Å². The molecule has 2 aromatic rings. The predicted octanol–water partition coefficient (Wildman–Crippen LogP) is 1.28. The van der Waals surface area contributed by atoms with Crippen molar-refractivity contribution in [1.82, 2.24) is 14.9 Å². The van der Waals surface area contributed by atoms with Crippen LogP contribution in [-0.2, 0) is 6.54 Å². The molecule has 0 saturated carbocycles. The van der Waals surface area contributed by atoms with Crippen LogP contribution in [0.2, 0.25) is 0 Å². The van der Waals surface area contributed by atoms with E-state index in [-0.39, 0.29) is 0 Å². The molecule has 1 N–H and O–H groups in total. The van der Waals surface area contributed by atoms with Crippen LogP contribution in [0.1, 0.15) is 11.1 Å². The number of hydrogen-bond donors (Lipinski definition) is 1. The Kier molecular flexibility index (Phi) is 2.62. The molecule has 0 fully saturated rings. The largest absolute Gasteiger partial charge is 0.368 e. The SMILES string of the molecule is c1ccc(C2=NCCN2)c(Cn2ccnc2)c1. The maximum Gasteiger partial charge on any atom is 0.128 e. The molecule has 0 saturated heterocycles. The second-order valence-electron chi connectivity index (χ2n) is 4.05. The van der Waals surface area contributed by atoms with Crippen molar-refractivity contribution in [3.8, 4) is 0 Å². The second kappa shape index (κ2) is 4.41. The number of amidine groups is 1. The number of aliphatic imine (C=N–C) groups is 1. The second-order valence-corrected chi connectivity index (χ2v) is 4.05. The molecule has 3 rings (SSSR count). The van der Waals surface area contributed by atoms with Gasteiger partial charge in [0.25, 0.3) is 0 Å². The number of rotatable bonds is 3. The van der Waals surface area contributed by atoms with Gasteiger partial charge in [-0.15, -0.1) is 0 Å². The van der Waals surface area contributed by atoms with E-state index in [0.29, 0.717) is 0 Å². The molecule has 17 heavy (non-hydrogen) atoms. The van der Waals surface area contributed by atoms with Crippen molar-refractivity contribution < 1.29 is 0 Å². The normalized spacial score (nSPS) is 14.5. The number of nitrogens with one attached hydrogen (secondary N) is 1. The van der Waals surface area contributed by atoms with Gasteiger partial charge in [-0.3, -0.25) is 4.99 Å². The Bertz CT molecular complexity index is 528. The lowest BCUT2D eigenvalue weighted by atomic mass is 10.1.